The summed E-state index contributed by atoms with van der Waals surface area (Å²) >= 11 is 0. The van der Waals surface area contributed by atoms with Crippen LogP contribution < -0.4 is 15.8 Å². The van der Waals surface area contributed by atoms with Crippen molar-refractivity contribution in [1.82, 2.24) is 10.4 Å². The number of hydrogen-bond acceptors (Lipinski definition) is 6. The Morgan fingerprint density at radius 1 is 1.28 bits per heavy atom. The first kappa shape index (κ1) is 16.9. The maximum atomic E-state index is 12.5. The first-order valence-electron chi connectivity index (χ1n) is 8.01. The number of carbonyl (C=O) groups excluding carboxylic acids is 2. The van der Waals surface area contributed by atoms with Crippen LogP contribution in [-0.4, -0.2) is 31.0 Å². The van der Waals surface area contributed by atoms with Crippen LogP contribution in [0.4, 0.5) is 11.5 Å². The molecule has 1 aromatic carbocycles. The molecule has 1 amide bonds. The summed E-state index contributed by atoms with van der Waals surface area (Å²) in [4.78, 5) is 29.9. The number of anilines is 2. The van der Waals surface area contributed by atoms with Gasteiger partial charge in [0.1, 0.15) is 5.82 Å². The van der Waals surface area contributed by atoms with Gasteiger partial charge >= 0.3 is 5.97 Å². The number of nitrogens with one attached hydrogen (secondary N) is 2. The SMILES string of the molecule is COC(=O)c1cccc(N(C)C(=O)CCC2NNc3ncccc32)c1. The molecule has 0 aliphatic carbocycles. The van der Waals surface area contributed by atoms with Gasteiger partial charge in [0.15, 0.2) is 0 Å². The van der Waals surface area contributed by atoms with Crippen LogP contribution >= 0.6 is 0 Å². The zero-order valence-corrected chi connectivity index (χ0v) is 14.2. The fourth-order valence-electron chi connectivity index (χ4n) is 2.80. The first-order chi connectivity index (χ1) is 12.1. The van der Waals surface area contributed by atoms with Gasteiger partial charge in [-0.15, -0.1) is 0 Å². The molecule has 0 radical (unpaired) electrons. The predicted octanol–water partition coefficient (Wildman–Crippen LogP) is 2.28. The second kappa shape index (κ2) is 7.31. The number of benzene rings is 1. The molecular formula is C18H20N4O3. The molecule has 2 aromatic rings. The monoisotopic (exact) mass is 340 g/mol. The van der Waals surface area contributed by atoms with Crippen molar-refractivity contribution in [3.05, 3.63) is 53.7 Å². The van der Waals surface area contributed by atoms with E-state index in [0.29, 0.717) is 24.1 Å². The molecule has 1 aromatic heterocycles. The van der Waals surface area contributed by atoms with Gasteiger partial charge in [0, 0.05) is 30.9 Å². The Bertz CT molecular complexity index is 793. The molecule has 7 heteroatoms. The minimum atomic E-state index is -0.423. The molecule has 0 fully saturated rings. The van der Waals surface area contributed by atoms with E-state index in [9.17, 15) is 9.59 Å². The van der Waals surface area contributed by atoms with E-state index in [2.05, 4.69) is 15.8 Å². The molecule has 25 heavy (non-hydrogen) atoms. The van der Waals surface area contributed by atoms with E-state index in [-0.39, 0.29) is 11.9 Å². The molecule has 130 valence electrons. The zero-order valence-electron chi connectivity index (χ0n) is 14.2. The van der Waals surface area contributed by atoms with Crippen LogP contribution in [0.1, 0.15) is 34.8 Å². The minimum Gasteiger partial charge on any atom is -0.465 e. The van der Waals surface area contributed by atoms with Crippen molar-refractivity contribution in [2.45, 2.75) is 18.9 Å². The van der Waals surface area contributed by atoms with Crippen molar-refractivity contribution in [2.24, 2.45) is 0 Å². The summed E-state index contributed by atoms with van der Waals surface area (Å²) in [6, 6.07) is 10.8. The zero-order chi connectivity index (χ0) is 17.8. The number of ether oxygens (including phenoxy) is 1. The molecule has 1 aliphatic heterocycles. The number of esters is 1. The standard InChI is InChI=1S/C18H20N4O3/c1-22(13-6-3-5-12(11-13)18(24)25-2)16(23)9-8-15-14-7-4-10-19-17(14)21-20-15/h3-7,10-11,15,20H,8-9H2,1-2H3,(H,19,21). The molecule has 7 nitrogen and oxygen atoms in total. The highest BCUT2D eigenvalue weighted by Crippen LogP contribution is 2.29. The lowest BCUT2D eigenvalue weighted by Crippen LogP contribution is -2.28. The Balaban J connectivity index is 1.63. The summed E-state index contributed by atoms with van der Waals surface area (Å²) in [6.07, 6.45) is 2.74. The number of aromatic nitrogens is 1. The lowest BCUT2D eigenvalue weighted by atomic mass is 10.0. The minimum absolute atomic E-state index is 0.0267. The van der Waals surface area contributed by atoms with Gasteiger partial charge in [0.05, 0.1) is 18.7 Å². The van der Waals surface area contributed by atoms with Gasteiger partial charge in [-0.2, -0.15) is 0 Å². The van der Waals surface area contributed by atoms with Gasteiger partial charge in [0.25, 0.3) is 0 Å². The first-order valence-corrected chi connectivity index (χ1v) is 8.01. The van der Waals surface area contributed by atoms with Crippen LogP contribution in [0.5, 0.6) is 0 Å². The van der Waals surface area contributed by atoms with Crippen LogP contribution in [0.3, 0.4) is 0 Å². The summed E-state index contributed by atoms with van der Waals surface area (Å²) < 4.78 is 4.72. The second-order valence-corrected chi connectivity index (χ2v) is 5.80. The number of pyridine rings is 1. The average molecular weight is 340 g/mol. The summed E-state index contributed by atoms with van der Waals surface area (Å²) in [7, 11) is 3.04. The molecule has 2 N–H and O–H groups in total. The summed E-state index contributed by atoms with van der Waals surface area (Å²) in [5.41, 5.74) is 8.31. The smallest absolute Gasteiger partial charge is 0.337 e. The van der Waals surface area contributed by atoms with E-state index in [4.69, 9.17) is 4.74 Å². The van der Waals surface area contributed by atoms with E-state index < -0.39 is 5.97 Å². The maximum absolute atomic E-state index is 12.5. The molecule has 2 heterocycles. The molecule has 0 saturated carbocycles. The fourth-order valence-corrected chi connectivity index (χ4v) is 2.80. The van der Waals surface area contributed by atoms with E-state index in [0.717, 1.165) is 11.4 Å². The van der Waals surface area contributed by atoms with Crippen molar-refractivity contribution >= 4 is 23.4 Å². The Morgan fingerprint density at radius 3 is 2.92 bits per heavy atom. The summed E-state index contributed by atoms with van der Waals surface area (Å²) in [5.74, 6) is 0.355. The number of rotatable bonds is 5. The van der Waals surface area contributed by atoms with Crippen molar-refractivity contribution in [1.29, 1.82) is 0 Å². The number of nitrogens with zero attached hydrogens (tertiary/aromatic N) is 2. The number of fused-ring (bicyclic) bond motifs is 1. The topological polar surface area (TPSA) is 83.6 Å². The highest BCUT2D eigenvalue weighted by atomic mass is 16.5. The number of hydrogen-bond donors (Lipinski definition) is 2. The second-order valence-electron chi connectivity index (χ2n) is 5.80. The van der Waals surface area contributed by atoms with Crippen LogP contribution in [0.2, 0.25) is 0 Å². The van der Waals surface area contributed by atoms with Crippen molar-refractivity contribution in [3.63, 3.8) is 0 Å². The van der Waals surface area contributed by atoms with E-state index in [1.807, 2.05) is 12.1 Å². The fraction of sp³-hybridized carbons (Fsp3) is 0.278. The molecular weight excluding hydrogens is 320 g/mol. The molecule has 0 bridgehead atoms. The van der Waals surface area contributed by atoms with Crippen molar-refractivity contribution in [3.8, 4) is 0 Å². The number of amides is 1. The quantitative estimate of drug-likeness (QED) is 0.813. The van der Waals surface area contributed by atoms with Crippen molar-refractivity contribution < 1.29 is 14.3 Å². The van der Waals surface area contributed by atoms with Crippen LogP contribution in [0.15, 0.2) is 42.6 Å². The van der Waals surface area contributed by atoms with Gasteiger partial charge in [-0.3, -0.25) is 4.79 Å². The van der Waals surface area contributed by atoms with Gasteiger partial charge in [-0.05, 0) is 30.7 Å². The van der Waals surface area contributed by atoms with Crippen LogP contribution in [-0.2, 0) is 9.53 Å². The molecule has 0 spiro atoms. The van der Waals surface area contributed by atoms with Gasteiger partial charge < -0.3 is 15.1 Å². The molecule has 3 rings (SSSR count). The van der Waals surface area contributed by atoms with E-state index in [1.54, 1.807) is 42.4 Å². The maximum Gasteiger partial charge on any atom is 0.337 e. The third-order valence-electron chi connectivity index (χ3n) is 4.25. The highest BCUT2D eigenvalue weighted by molar-refractivity contribution is 5.95. The molecule has 1 atom stereocenters. The predicted molar refractivity (Wildman–Crippen MR) is 94.2 cm³/mol. The van der Waals surface area contributed by atoms with Gasteiger partial charge in [0.2, 0.25) is 5.91 Å². The largest absolute Gasteiger partial charge is 0.465 e. The van der Waals surface area contributed by atoms with E-state index in [1.165, 1.54) is 7.11 Å². The molecule has 1 aliphatic rings. The van der Waals surface area contributed by atoms with Crippen LogP contribution in [0.25, 0.3) is 0 Å². The van der Waals surface area contributed by atoms with Crippen LogP contribution in [0, 0.1) is 0 Å². The van der Waals surface area contributed by atoms with Gasteiger partial charge in [-0.25, -0.2) is 15.2 Å². The highest BCUT2D eigenvalue weighted by Gasteiger charge is 2.23. The Kier molecular flexibility index (Phi) is 4.95. The summed E-state index contributed by atoms with van der Waals surface area (Å²) in [6.45, 7) is 0. The molecule has 1 unspecified atom stereocenters. The summed E-state index contributed by atoms with van der Waals surface area (Å²) in [5, 5.41) is 0. The Morgan fingerprint density at radius 2 is 2.12 bits per heavy atom. The Hall–Kier alpha value is -2.93. The number of carbonyl (C=O) groups is 2. The lowest BCUT2D eigenvalue weighted by molar-refractivity contribution is -0.118. The normalized spacial score (nSPS) is 15.2. The number of hydrazine groups is 1. The lowest BCUT2D eigenvalue weighted by Gasteiger charge is -2.19. The Labute approximate surface area is 146 Å². The van der Waals surface area contributed by atoms with E-state index >= 15 is 0 Å². The third kappa shape index (κ3) is 3.61. The third-order valence-corrected chi connectivity index (χ3v) is 4.25. The number of methoxy groups -OCH3 is 1. The average Bonchev–Trinajstić information content (AvgIpc) is 3.08. The van der Waals surface area contributed by atoms with Gasteiger partial charge in [-0.1, -0.05) is 12.1 Å². The van der Waals surface area contributed by atoms with Crippen molar-refractivity contribution in [2.75, 3.05) is 24.5 Å². The molecule has 0 saturated heterocycles.